The number of carbonyl (C=O) groups is 1. The van der Waals surface area contributed by atoms with Crippen LogP contribution in [0.25, 0.3) is 27.2 Å². The van der Waals surface area contributed by atoms with E-state index >= 15 is 0 Å². The lowest BCUT2D eigenvalue weighted by molar-refractivity contribution is -0.141. The number of carbonyl (C=O) groups excluding carboxylic acids is 1. The molecular weight excluding hydrogens is 503 g/mol. The van der Waals surface area contributed by atoms with Crippen LogP contribution in [0.4, 0.5) is 13.2 Å². The van der Waals surface area contributed by atoms with Gasteiger partial charge in [0.2, 0.25) is 5.13 Å². The van der Waals surface area contributed by atoms with E-state index < -0.39 is 17.8 Å². The summed E-state index contributed by atoms with van der Waals surface area (Å²) >= 11 is 0.995. The highest BCUT2D eigenvalue weighted by Gasteiger charge is 2.35. The van der Waals surface area contributed by atoms with Crippen LogP contribution in [0.2, 0.25) is 0 Å². The fraction of sp³-hybridized carbons (Fsp3) is 0.0769. The maximum Gasteiger partial charge on any atom is 0.435 e. The molecule has 5 rings (SSSR count). The van der Waals surface area contributed by atoms with Gasteiger partial charge in [0.25, 0.3) is 5.91 Å². The average Bonchev–Trinajstić information content (AvgIpc) is 3.56. The van der Waals surface area contributed by atoms with Gasteiger partial charge in [0.15, 0.2) is 5.69 Å². The lowest BCUT2D eigenvalue weighted by atomic mass is 10.0. The van der Waals surface area contributed by atoms with Crippen LogP contribution in [0.15, 0.2) is 83.3 Å². The van der Waals surface area contributed by atoms with Crippen LogP contribution in [0.5, 0.6) is 5.75 Å². The van der Waals surface area contributed by atoms with Gasteiger partial charge in [-0.1, -0.05) is 48.5 Å². The Morgan fingerprint density at radius 1 is 1.05 bits per heavy atom. The predicted molar refractivity (Wildman–Crippen MR) is 135 cm³/mol. The summed E-state index contributed by atoms with van der Waals surface area (Å²) in [5.74, 6) is 0.0242. The maximum atomic E-state index is 13.5. The summed E-state index contributed by atoms with van der Waals surface area (Å²) < 4.78 is 46.9. The number of hydrogen-bond acceptors (Lipinski definition) is 6. The van der Waals surface area contributed by atoms with E-state index in [9.17, 15) is 18.0 Å². The number of hydrazone groups is 1. The highest BCUT2D eigenvalue weighted by atomic mass is 32.1. The van der Waals surface area contributed by atoms with Gasteiger partial charge in [0, 0.05) is 10.9 Å². The van der Waals surface area contributed by atoms with Gasteiger partial charge in [-0.05, 0) is 40.6 Å². The molecule has 0 atom stereocenters. The van der Waals surface area contributed by atoms with E-state index in [0.717, 1.165) is 32.9 Å². The molecule has 37 heavy (non-hydrogen) atoms. The van der Waals surface area contributed by atoms with Crippen molar-refractivity contribution < 1.29 is 22.7 Å². The Morgan fingerprint density at radius 2 is 1.86 bits per heavy atom. The van der Waals surface area contributed by atoms with Gasteiger partial charge < -0.3 is 4.74 Å². The Labute approximate surface area is 212 Å². The van der Waals surface area contributed by atoms with E-state index in [4.69, 9.17) is 4.74 Å². The molecule has 5 aromatic rings. The van der Waals surface area contributed by atoms with Crippen LogP contribution in [0.1, 0.15) is 21.7 Å². The summed E-state index contributed by atoms with van der Waals surface area (Å²) in [7, 11) is 1.54. The standard InChI is InChI=1S/C26H18F3N5O2S/c1-36-20-8-4-5-16(11-20)14-30-32-24(35)21-15-37-25(31-21)34-22(13-23(33-34)26(27,28)29)19-10-9-17-6-2-3-7-18(17)12-19/h2-15H,1H3,(H,32,35)/b30-14+. The summed E-state index contributed by atoms with van der Waals surface area (Å²) in [6.45, 7) is 0. The van der Waals surface area contributed by atoms with Crippen LogP contribution < -0.4 is 10.2 Å². The van der Waals surface area contributed by atoms with Crippen molar-refractivity contribution in [2.75, 3.05) is 7.11 Å². The molecule has 0 unspecified atom stereocenters. The molecule has 186 valence electrons. The first-order valence-corrected chi connectivity index (χ1v) is 11.8. The number of nitrogens with one attached hydrogen (secondary N) is 1. The topological polar surface area (TPSA) is 81.4 Å². The first kappa shape index (κ1) is 24.2. The van der Waals surface area contributed by atoms with Crippen LogP contribution in [-0.4, -0.2) is 34.0 Å². The molecule has 0 aliphatic carbocycles. The number of aromatic nitrogens is 3. The van der Waals surface area contributed by atoms with Gasteiger partial charge >= 0.3 is 6.18 Å². The normalized spacial score (nSPS) is 11.8. The Hall–Kier alpha value is -4.51. The molecule has 1 N–H and O–H groups in total. The summed E-state index contributed by atoms with van der Waals surface area (Å²) in [6, 6.07) is 20.9. The summed E-state index contributed by atoms with van der Waals surface area (Å²) in [6.07, 6.45) is -3.21. The second-order valence-electron chi connectivity index (χ2n) is 7.88. The molecule has 7 nitrogen and oxygen atoms in total. The zero-order valence-corrected chi connectivity index (χ0v) is 20.0. The van der Waals surface area contributed by atoms with Crippen LogP contribution in [-0.2, 0) is 6.18 Å². The number of rotatable bonds is 6. The van der Waals surface area contributed by atoms with E-state index in [1.54, 1.807) is 43.5 Å². The number of benzene rings is 3. The Kier molecular flexibility index (Phi) is 6.45. The molecule has 0 fully saturated rings. The minimum atomic E-state index is -4.65. The summed E-state index contributed by atoms with van der Waals surface area (Å²) in [5, 5.41) is 11.1. The van der Waals surface area contributed by atoms with E-state index in [1.165, 1.54) is 11.6 Å². The zero-order valence-electron chi connectivity index (χ0n) is 19.2. The van der Waals surface area contributed by atoms with E-state index in [0.29, 0.717) is 16.9 Å². The molecule has 3 aromatic carbocycles. The number of thiazole rings is 1. The predicted octanol–water partition coefficient (Wildman–Crippen LogP) is 5.94. The molecule has 0 radical (unpaired) electrons. The molecule has 0 saturated carbocycles. The van der Waals surface area contributed by atoms with Crippen molar-refractivity contribution >= 4 is 34.2 Å². The van der Waals surface area contributed by atoms with Crippen molar-refractivity contribution in [3.05, 3.63) is 95.1 Å². The first-order chi connectivity index (χ1) is 17.8. The van der Waals surface area contributed by atoms with Gasteiger partial charge in [-0.15, -0.1) is 11.3 Å². The summed E-state index contributed by atoms with van der Waals surface area (Å²) in [4.78, 5) is 16.8. The third-order valence-corrected chi connectivity index (χ3v) is 6.24. The smallest absolute Gasteiger partial charge is 0.435 e. The third kappa shape index (κ3) is 5.21. The molecule has 2 aromatic heterocycles. The fourth-order valence-corrected chi connectivity index (χ4v) is 4.40. The molecule has 11 heteroatoms. The molecule has 0 saturated heterocycles. The number of alkyl halides is 3. The minimum absolute atomic E-state index is 0.00341. The van der Waals surface area contributed by atoms with Crippen LogP contribution in [0, 0.1) is 0 Å². The number of fused-ring (bicyclic) bond motifs is 1. The number of halogens is 3. The van der Waals surface area contributed by atoms with Crippen molar-refractivity contribution in [2.45, 2.75) is 6.18 Å². The van der Waals surface area contributed by atoms with Crippen molar-refractivity contribution in [3.63, 3.8) is 0 Å². The van der Waals surface area contributed by atoms with Crippen molar-refractivity contribution in [2.24, 2.45) is 5.10 Å². The van der Waals surface area contributed by atoms with E-state index in [2.05, 4.69) is 20.6 Å². The molecular formula is C26H18F3N5O2S. The Bertz CT molecular complexity index is 1620. The van der Waals surface area contributed by atoms with Crippen LogP contribution in [0.3, 0.4) is 0 Å². The third-order valence-electron chi connectivity index (χ3n) is 5.42. The second-order valence-corrected chi connectivity index (χ2v) is 8.71. The quantitative estimate of drug-likeness (QED) is 0.222. The second kappa shape index (κ2) is 9.86. The lowest BCUT2D eigenvalue weighted by Gasteiger charge is -2.06. The van der Waals surface area contributed by atoms with Crippen molar-refractivity contribution in [3.8, 4) is 22.1 Å². The Balaban J connectivity index is 1.43. The van der Waals surface area contributed by atoms with E-state index in [-0.39, 0.29) is 16.5 Å². The van der Waals surface area contributed by atoms with Gasteiger partial charge in [-0.25, -0.2) is 15.1 Å². The Morgan fingerprint density at radius 3 is 2.65 bits per heavy atom. The molecule has 0 aliphatic rings. The number of methoxy groups -OCH3 is 1. The number of nitrogens with zero attached hydrogens (tertiary/aromatic N) is 4. The molecule has 0 spiro atoms. The van der Waals surface area contributed by atoms with E-state index in [1.807, 2.05) is 30.3 Å². The monoisotopic (exact) mass is 521 g/mol. The van der Waals surface area contributed by atoms with Crippen LogP contribution >= 0.6 is 11.3 Å². The van der Waals surface area contributed by atoms with Crippen molar-refractivity contribution in [1.29, 1.82) is 0 Å². The number of amides is 1. The van der Waals surface area contributed by atoms with Gasteiger partial charge in [-0.2, -0.15) is 23.4 Å². The molecule has 0 aliphatic heterocycles. The van der Waals surface area contributed by atoms with Gasteiger partial charge in [-0.3, -0.25) is 4.79 Å². The fourth-order valence-electron chi connectivity index (χ4n) is 3.63. The maximum absolute atomic E-state index is 13.5. The minimum Gasteiger partial charge on any atom is -0.497 e. The molecule has 0 bridgehead atoms. The number of hydrogen-bond donors (Lipinski definition) is 1. The molecule has 2 heterocycles. The largest absolute Gasteiger partial charge is 0.497 e. The average molecular weight is 522 g/mol. The zero-order chi connectivity index (χ0) is 26.0. The highest BCUT2D eigenvalue weighted by molar-refractivity contribution is 7.12. The molecule has 1 amide bonds. The van der Waals surface area contributed by atoms with Crippen molar-refractivity contribution in [1.82, 2.24) is 20.2 Å². The highest BCUT2D eigenvalue weighted by Crippen LogP contribution is 2.34. The summed E-state index contributed by atoms with van der Waals surface area (Å²) in [5.41, 5.74) is 2.75. The number of ether oxygens (including phenoxy) is 1. The van der Waals surface area contributed by atoms with Gasteiger partial charge in [0.1, 0.15) is 11.4 Å². The van der Waals surface area contributed by atoms with Gasteiger partial charge in [0.05, 0.1) is 19.0 Å². The first-order valence-electron chi connectivity index (χ1n) is 10.9. The lowest BCUT2D eigenvalue weighted by Crippen LogP contribution is -2.18. The SMILES string of the molecule is COc1cccc(/C=N/NC(=O)c2csc(-n3nc(C(F)(F)F)cc3-c3ccc4ccccc4c3)n2)c1.